The van der Waals surface area contributed by atoms with Gasteiger partial charge in [0.25, 0.3) is 16.8 Å². The number of nitro benzene ring substituents is 1. The van der Waals surface area contributed by atoms with Gasteiger partial charge in [-0.2, -0.15) is 0 Å². The zero-order valence-corrected chi connectivity index (χ0v) is 16.4. The minimum Gasteiger partial charge on any atom is -0.372 e. The molecule has 0 atom stereocenters. The first-order valence-corrected chi connectivity index (χ1v) is 10.2. The fourth-order valence-corrected chi connectivity index (χ4v) is 4.33. The fraction of sp³-hybridized carbons (Fsp3) is 0.238. The van der Waals surface area contributed by atoms with E-state index in [1.807, 2.05) is 24.3 Å². The van der Waals surface area contributed by atoms with E-state index in [0.29, 0.717) is 10.5 Å². The molecule has 0 radical (unpaired) electrons. The minimum absolute atomic E-state index is 0.0115. The quantitative estimate of drug-likeness (QED) is 0.413. The van der Waals surface area contributed by atoms with Crippen LogP contribution in [0.1, 0.15) is 24.0 Å². The maximum atomic E-state index is 12.7. The van der Waals surface area contributed by atoms with E-state index in [-0.39, 0.29) is 23.4 Å². The van der Waals surface area contributed by atoms with E-state index in [2.05, 4.69) is 4.90 Å². The van der Waals surface area contributed by atoms with Gasteiger partial charge in [0.15, 0.2) is 0 Å². The summed E-state index contributed by atoms with van der Waals surface area (Å²) in [5, 5.41) is 10.6. The molecule has 0 saturated carbocycles. The number of hydrogen-bond acceptors (Lipinski definition) is 6. The number of thioether (sulfide) groups is 1. The molecule has 148 valence electrons. The molecule has 0 aliphatic carbocycles. The number of carbonyl (C=O) groups is 2. The van der Waals surface area contributed by atoms with Gasteiger partial charge in [0.1, 0.15) is 0 Å². The average molecular weight is 409 g/mol. The summed E-state index contributed by atoms with van der Waals surface area (Å²) < 4.78 is 0. The van der Waals surface area contributed by atoms with E-state index in [1.54, 1.807) is 18.2 Å². The Bertz CT molecular complexity index is 997. The molecule has 0 N–H and O–H groups in total. The highest BCUT2D eigenvalue weighted by Gasteiger charge is 2.35. The molecule has 2 aliphatic rings. The number of nitro groups is 1. The maximum Gasteiger partial charge on any atom is 0.293 e. The highest BCUT2D eigenvalue weighted by Crippen LogP contribution is 2.34. The fourth-order valence-electron chi connectivity index (χ4n) is 3.50. The van der Waals surface area contributed by atoms with Crippen LogP contribution < -0.4 is 4.90 Å². The van der Waals surface area contributed by atoms with Crippen LogP contribution >= 0.6 is 11.8 Å². The van der Waals surface area contributed by atoms with Gasteiger partial charge >= 0.3 is 0 Å². The van der Waals surface area contributed by atoms with Crippen molar-refractivity contribution in [2.24, 2.45) is 0 Å². The molecule has 2 aliphatic heterocycles. The van der Waals surface area contributed by atoms with Gasteiger partial charge in [0.05, 0.1) is 16.4 Å². The zero-order valence-electron chi connectivity index (χ0n) is 15.6. The number of anilines is 1. The van der Waals surface area contributed by atoms with Crippen molar-refractivity contribution >= 4 is 40.4 Å². The number of imide groups is 1. The Hall–Kier alpha value is -3.13. The number of hydrogen-bond donors (Lipinski definition) is 0. The summed E-state index contributed by atoms with van der Waals surface area (Å²) in [6, 6.07) is 13.9. The van der Waals surface area contributed by atoms with Crippen LogP contribution in [0.25, 0.3) is 6.08 Å². The predicted molar refractivity (Wildman–Crippen MR) is 112 cm³/mol. The van der Waals surface area contributed by atoms with Crippen LogP contribution in [-0.4, -0.2) is 34.1 Å². The first kappa shape index (κ1) is 19.2. The van der Waals surface area contributed by atoms with Crippen LogP contribution in [0.15, 0.2) is 53.4 Å². The van der Waals surface area contributed by atoms with Crippen molar-refractivity contribution < 1.29 is 14.5 Å². The summed E-state index contributed by atoms with van der Waals surface area (Å²) >= 11 is 0.890. The Morgan fingerprint density at radius 1 is 1.07 bits per heavy atom. The Kier molecular flexibility index (Phi) is 5.35. The van der Waals surface area contributed by atoms with E-state index in [4.69, 9.17) is 0 Å². The highest BCUT2D eigenvalue weighted by atomic mass is 32.2. The molecule has 29 heavy (non-hydrogen) atoms. The molecule has 8 heteroatoms. The smallest absolute Gasteiger partial charge is 0.293 e. The lowest BCUT2D eigenvalue weighted by atomic mass is 10.1. The lowest BCUT2D eigenvalue weighted by Crippen LogP contribution is -2.27. The topological polar surface area (TPSA) is 83.8 Å². The molecule has 4 rings (SSSR count). The van der Waals surface area contributed by atoms with Crippen molar-refractivity contribution in [3.05, 3.63) is 74.7 Å². The van der Waals surface area contributed by atoms with E-state index in [9.17, 15) is 19.7 Å². The van der Waals surface area contributed by atoms with Crippen molar-refractivity contribution in [3.8, 4) is 0 Å². The van der Waals surface area contributed by atoms with Gasteiger partial charge in [0.2, 0.25) is 0 Å². The lowest BCUT2D eigenvalue weighted by molar-refractivity contribution is -0.384. The Morgan fingerprint density at radius 2 is 1.79 bits per heavy atom. The van der Waals surface area contributed by atoms with Crippen molar-refractivity contribution in [1.29, 1.82) is 0 Å². The summed E-state index contributed by atoms with van der Waals surface area (Å²) in [5.41, 5.74) is 2.49. The van der Waals surface area contributed by atoms with E-state index < -0.39 is 4.92 Å². The van der Waals surface area contributed by atoms with Crippen LogP contribution in [-0.2, 0) is 11.3 Å². The summed E-state index contributed by atoms with van der Waals surface area (Å²) in [6.07, 6.45) is 4.13. The normalized spacial score (nSPS) is 18.1. The first-order valence-electron chi connectivity index (χ1n) is 9.35. The number of carbonyl (C=O) groups excluding carboxylic acids is 2. The Morgan fingerprint density at radius 3 is 2.48 bits per heavy atom. The third kappa shape index (κ3) is 4.17. The number of benzene rings is 2. The van der Waals surface area contributed by atoms with Crippen LogP contribution in [0, 0.1) is 10.1 Å². The standard InChI is InChI=1S/C21H19N3O4S/c25-20-19(13-15-6-8-17(9-7-15)22-10-1-2-11-22)29-21(26)23(20)14-16-4-3-5-18(12-16)24(27)28/h3-9,12-13H,1-2,10-11,14H2. The van der Waals surface area contributed by atoms with E-state index >= 15 is 0 Å². The molecule has 2 saturated heterocycles. The average Bonchev–Trinajstić information content (AvgIpc) is 3.34. The van der Waals surface area contributed by atoms with Gasteiger partial charge in [-0.1, -0.05) is 24.3 Å². The summed E-state index contributed by atoms with van der Waals surface area (Å²) in [5.74, 6) is -0.380. The zero-order chi connectivity index (χ0) is 20.4. The van der Waals surface area contributed by atoms with Gasteiger partial charge in [0, 0.05) is 30.9 Å². The SMILES string of the molecule is O=C1SC(=Cc2ccc(N3CCCC3)cc2)C(=O)N1Cc1cccc([N+](=O)[O-])c1. The first-order chi connectivity index (χ1) is 14.0. The summed E-state index contributed by atoms with van der Waals surface area (Å²) in [6.45, 7) is 2.14. The maximum absolute atomic E-state index is 12.7. The molecule has 2 aromatic rings. The third-order valence-corrected chi connectivity index (χ3v) is 5.91. The number of amides is 2. The lowest BCUT2D eigenvalue weighted by Gasteiger charge is -2.17. The number of nitrogens with zero attached hydrogens (tertiary/aromatic N) is 3. The second-order valence-corrected chi connectivity index (χ2v) is 7.97. The Labute approximate surface area is 172 Å². The van der Waals surface area contributed by atoms with E-state index in [1.165, 1.54) is 30.7 Å². The third-order valence-electron chi connectivity index (χ3n) is 5.00. The van der Waals surface area contributed by atoms with Crippen LogP contribution in [0.3, 0.4) is 0 Å². The van der Waals surface area contributed by atoms with E-state index in [0.717, 1.165) is 35.3 Å². The molecular weight excluding hydrogens is 390 g/mol. The van der Waals surface area contributed by atoms with Gasteiger partial charge in [-0.3, -0.25) is 24.6 Å². The number of rotatable bonds is 5. The largest absolute Gasteiger partial charge is 0.372 e. The number of non-ortho nitro benzene ring substituents is 1. The molecule has 0 aromatic heterocycles. The van der Waals surface area contributed by atoms with Crippen LogP contribution in [0.2, 0.25) is 0 Å². The molecule has 2 heterocycles. The molecular formula is C21H19N3O4S. The van der Waals surface area contributed by atoms with Gasteiger partial charge in [-0.05, 0) is 53.9 Å². The van der Waals surface area contributed by atoms with Crippen LogP contribution in [0.4, 0.5) is 16.2 Å². The Balaban J connectivity index is 1.48. The van der Waals surface area contributed by atoms with Crippen molar-refractivity contribution in [3.63, 3.8) is 0 Å². The molecule has 7 nitrogen and oxygen atoms in total. The summed E-state index contributed by atoms with van der Waals surface area (Å²) in [4.78, 5) is 39.2. The van der Waals surface area contributed by atoms with Gasteiger partial charge in [-0.15, -0.1) is 0 Å². The van der Waals surface area contributed by atoms with Crippen LogP contribution in [0.5, 0.6) is 0 Å². The van der Waals surface area contributed by atoms with Crippen molar-refractivity contribution in [2.45, 2.75) is 19.4 Å². The second kappa shape index (κ2) is 8.08. The molecule has 0 unspecified atom stereocenters. The monoisotopic (exact) mass is 409 g/mol. The molecule has 2 fully saturated rings. The molecule has 0 bridgehead atoms. The summed E-state index contributed by atoms with van der Waals surface area (Å²) in [7, 11) is 0. The van der Waals surface area contributed by atoms with Gasteiger partial charge < -0.3 is 4.90 Å². The minimum atomic E-state index is -0.497. The second-order valence-electron chi connectivity index (χ2n) is 6.98. The molecule has 2 aromatic carbocycles. The molecule has 2 amide bonds. The van der Waals surface area contributed by atoms with Gasteiger partial charge in [-0.25, -0.2) is 0 Å². The highest BCUT2D eigenvalue weighted by molar-refractivity contribution is 8.18. The van der Waals surface area contributed by atoms with Crippen molar-refractivity contribution in [1.82, 2.24) is 4.90 Å². The van der Waals surface area contributed by atoms with Crippen molar-refractivity contribution in [2.75, 3.05) is 18.0 Å². The molecule has 0 spiro atoms. The predicted octanol–water partition coefficient (Wildman–Crippen LogP) is 4.43.